The summed E-state index contributed by atoms with van der Waals surface area (Å²) in [5.41, 5.74) is -0.533. The predicted molar refractivity (Wildman–Crippen MR) is 115 cm³/mol. The minimum Gasteiger partial charge on any atom is -0.379 e. The molecule has 32 heavy (non-hydrogen) atoms. The molecule has 174 valence electrons. The van der Waals surface area contributed by atoms with E-state index in [2.05, 4.69) is 10.6 Å². The van der Waals surface area contributed by atoms with Gasteiger partial charge >= 0.3 is 6.03 Å². The van der Waals surface area contributed by atoms with Gasteiger partial charge < -0.3 is 15.4 Å². The molecule has 0 aromatic heterocycles. The zero-order chi connectivity index (χ0) is 22.9. The largest absolute Gasteiger partial charge is 0.379 e. The molecule has 3 fully saturated rings. The molecule has 3 aliphatic rings. The molecule has 2 N–H and O–H groups in total. The normalized spacial score (nSPS) is 26.9. The van der Waals surface area contributed by atoms with Gasteiger partial charge in [-0.05, 0) is 43.0 Å². The fourth-order valence-corrected chi connectivity index (χ4v) is 6.04. The molecular formula is C21H28N4O6S. The van der Waals surface area contributed by atoms with Crippen molar-refractivity contribution in [3.05, 3.63) is 24.3 Å². The minimum atomic E-state index is -3.63. The molecule has 2 atom stereocenters. The number of carbonyl (C=O) groups excluding carboxylic acids is 3. The Bertz CT molecular complexity index is 1010. The Morgan fingerprint density at radius 2 is 1.88 bits per heavy atom. The number of nitrogens with zero attached hydrogens (tertiary/aromatic N) is 2. The summed E-state index contributed by atoms with van der Waals surface area (Å²) in [7, 11) is -3.63. The van der Waals surface area contributed by atoms with Crippen LogP contribution in [0.2, 0.25) is 0 Å². The highest BCUT2D eigenvalue weighted by Gasteiger charge is 2.55. The van der Waals surface area contributed by atoms with Gasteiger partial charge in [0.05, 0.1) is 18.1 Å². The van der Waals surface area contributed by atoms with E-state index in [9.17, 15) is 22.8 Å². The van der Waals surface area contributed by atoms with Crippen LogP contribution in [0.3, 0.4) is 0 Å². The van der Waals surface area contributed by atoms with Crippen molar-refractivity contribution in [3.8, 4) is 0 Å². The van der Waals surface area contributed by atoms with E-state index in [4.69, 9.17) is 4.74 Å². The minimum absolute atomic E-state index is 0.0155. The second-order valence-electron chi connectivity index (χ2n) is 8.53. The third-order valence-electron chi connectivity index (χ3n) is 6.55. The molecule has 1 aliphatic carbocycles. The number of imide groups is 1. The molecule has 0 bridgehead atoms. The van der Waals surface area contributed by atoms with E-state index in [-0.39, 0.29) is 16.7 Å². The third kappa shape index (κ3) is 4.12. The lowest BCUT2D eigenvalue weighted by Crippen LogP contribution is -2.54. The van der Waals surface area contributed by atoms with Crippen LogP contribution in [0.5, 0.6) is 0 Å². The lowest BCUT2D eigenvalue weighted by atomic mass is 9.73. The molecule has 1 aromatic carbocycles. The number of sulfonamides is 1. The average Bonchev–Trinajstić information content (AvgIpc) is 3.01. The first-order chi connectivity index (χ1) is 15.2. The number of amides is 4. The first-order valence-corrected chi connectivity index (χ1v) is 12.3. The van der Waals surface area contributed by atoms with Crippen LogP contribution < -0.4 is 10.6 Å². The van der Waals surface area contributed by atoms with Gasteiger partial charge in [-0.1, -0.05) is 19.8 Å². The van der Waals surface area contributed by atoms with Crippen LogP contribution in [0.4, 0.5) is 10.5 Å². The van der Waals surface area contributed by atoms with Crippen molar-refractivity contribution in [1.82, 2.24) is 14.5 Å². The molecule has 0 radical (unpaired) electrons. The summed E-state index contributed by atoms with van der Waals surface area (Å²) in [5, 5.41) is 5.45. The van der Waals surface area contributed by atoms with Crippen LogP contribution in [0.15, 0.2) is 29.2 Å². The van der Waals surface area contributed by atoms with Crippen molar-refractivity contribution in [1.29, 1.82) is 0 Å². The second kappa shape index (κ2) is 8.80. The number of urea groups is 1. The van der Waals surface area contributed by atoms with Gasteiger partial charge in [0.2, 0.25) is 15.9 Å². The molecular weight excluding hydrogens is 436 g/mol. The van der Waals surface area contributed by atoms with Gasteiger partial charge in [-0.2, -0.15) is 4.31 Å². The molecule has 1 saturated carbocycles. The zero-order valence-electron chi connectivity index (χ0n) is 18.0. The van der Waals surface area contributed by atoms with Crippen molar-refractivity contribution in [3.63, 3.8) is 0 Å². The number of nitrogens with one attached hydrogen (secondary N) is 2. The Kier molecular flexibility index (Phi) is 6.24. The van der Waals surface area contributed by atoms with E-state index in [1.807, 2.05) is 6.92 Å². The maximum atomic E-state index is 13.0. The van der Waals surface area contributed by atoms with Crippen molar-refractivity contribution < 1.29 is 27.5 Å². The van der Waals surface area contributed by atoms with Gasteiger partial charge in [0.15, 0.2) is 0 Å². The number of ether oxygens (including phenoxy) is 1. The van der Waals surface area contributed by atoms with Crippen molar-refractivity contribution >= 4 is 33.6 Å². The second-order valence-corrected chi connectivity index (χ2v) is 10.5. The van der Waals surface area contributed by atoms with E-state index in [0.717, 1.165) is 24.2 Å². The number of carbonyl (C=O) groups is 3. The van der Waals surface area contributed by atoms with E-state index in [1.54, 1.807) is 0 Å². The molecule has 10 nitrogen and oxygen atoms in total. The summed E-state index contributed by atoms with van der Waals surface area (Å²) in [4.78, 5) is 39.0. The van der Waals surface area contributed by atoms with Crippen LogP contribution >= 0.6 is 0 Å². The van der Waals surface area contributed by atoms with E-state index in [0.29, 0.717) is 38.4 Å². The molecule has 2 saturated heterocycles. The number of anilines is 1. The average molecular weight is 465 g/mol. The highest BCUT2D eigenvalue weighted by Crippen LogP contribution is 2.38. The Hall–Kier alpha value is -2.50. The fraction of sp³-hybridized carbons (Fsp3) is 0.571. The van der Waals surface area contributed by atoms with Gasteiger partial charge in [0, 0.05) is 18.8 Å². The van der Waals surface area contributed by atoms with Crippen molar-refractivity contribution in [2.45, 2.75) is 43.0 Å². The SMILES string of the molecule is C[C@@H]1CCCC[C@]12NC(=O)N(CC(=O)Nc1ccc(S(=O)(=O)N3CCOCC3)cc1)C2=O. The highest BCUT2D eigenvalue weighted by atomic mass is 32.2. The summed E-state index contributed by atoms with van der Waals surface area (Å²) in [6, 6.07) is 5.27. The van der Waals surface area contributed by atoms with Gasteiger partial charge in [-0.25, -0.2) is 13.2 Å². The molecule has 2 heterocycles. The van der Waals surface area contributed by atoms with E-state index < -0.39 is 34.0 Å². The topological polar surface area (TPSA) is 125 Å². The number of hydrogen-bond donors (Lipinski definition) is 2. The zero-order valence-corrected chi connectivity index (χ0v) is 18.8. The monoisotopic (exact) mass is 464 g/mol. The quantitative estimate of drug-likeness (QED) is 0.630. The fourth-order valence-electron chi connectivity index (χ4n) is 4.63. The summed E-state index contributed by atoms with van der Waals surface area (Å²) < 4.78 is 31.9. The van der Waals surface area contributed by atoms with Crippen molar-refractivity contribution in [2.75, 3.05) is 38.2 Å². The molecule has 4 rings (SSSR count). The molecule has 1 aromatic rings. The smallest absolute Gasteiger partial charge is 0.325 e. The first-order valence-electron chi connectivity index (χ1n) is 10.9. The maximum Gasteiger partial charge on any atom is 0.325 e. The number of rotatable bonds is 5. The first kappa shape index (κ1) is 22.7. The lowest BCUT2D eigenvalue weighted by molar-refractivity contribution is -0.136. The maximum absolute atomic E-state index is 13.0. The molecule has 4 amide bonds. The van der Waals surface area contributed by atoms with E-state index >= 15 is 0 Å². The standard InChI is InChI=1S/C21H28N4O6S/c1-15-4-2-3-9-21(15)19(27)25(20(28)23-21)14-18(26)22-16-5-7-17(8-6-16)32(29,30)24-10-12-31-13-11-24/h5-8,15H,2-4,9-14H2,1H3,(H,22,26)(H,23,28)/t15-,21+/m1/s1. The van der Waals surface area contributed by atoms with Crippen LogP contribution in [0.1, 0.15) is 32.6 Å². The highest BCUT2D eigenvalue weighted by molar-refractivity contribution is 7.89. The number of morpholine rings is 1. The van der Waals surface area contributed by atoms with Gasteiger partial charge in [-0.15, -0.1) is 0 Å². The Labute approximate surface area is 187 Å². The van der Waals surface area contributed by atoms with Gasteiger partial charge in [-0.3, -0.25) is 14.5 Å². The molecule has 2 aliphatic heterocycles. The third-order valence-corrected chi connectivity index (χ3v) is 8.46. The van der Waals surface area contributed by atoms with Gasteiger partial charge in [0.1, 0.15) is 12.1 Å². The summed E-state index contributed by atoms with van der Waals surface area (Å²) in [6.07, 6.45) is 3.31. The summed E-state index contributed by atoms with van der Waals surface area (Å²) in [5.74, 6) is -0.865. The Balaban J connectivity index is 1.39. The number of hydrogen-bond acceptors (Lipinski definition) is 6. The summed E-state index contributed by atoms with van der Waals surface area (Å²) in [6.45, 7) is 2.87. The Morgan fingerprint density at radius 1 is 1.19 bits per heavy atom. The van der Waals surface area contributed by atoms with Gasteiger partial charge in [0.25, 0.3) is 5.91 Å². The summed E-state index contributed by atoms with van der Waals surface area (Å²) >= 11 is 0. The number of benzene rings is 1. The lowest BCUT2D eigenvalue weighted by Gasteiger charge is -2.36. The van der Waals surface area contributed by atoms with Crippen LogP contribution in [-0.2, 0) is 24.3 Å². The molecule has 0 unspecified atom stereocenters. The molecule has 1 spiro atoms. The van der Waals surface area contributed by atoms with Crippen LogP contribution in [0, 0.1) is 5.92 Å². The van der Waals surface area contributed by atoms with Crippen molar-refractivity contribution in [2.24, 2.45) is 5.92 Å². The molecule has 11 heteroatoms. The van der Waals surface area contributed by atoms with Crippen LogP contribution in [-0.4, -0.2) is 73.9 Å². The van der Waals surface area contributed by atoms with E-state index in [1.165, 1.54) is 28.6 Å². The predicted octanol–water partition coefficient (Wildman–Crippen LogP) is 1.15. The Morgan fingerprint density at radius 3 is 2.53 bits per heavy atom. The van der Waals surface area contributed by atoms with Crippen LogP contribution in [0.25, 0.3) is 0 Å².